The van der Waals surface area contributed by atoms with Crippen LogP contribution in [0.15, 0.2) is 36.6 Å². The lowest BCUT2D eigenvalue weighted by Gasteiger charge is -2.07. The van der Waals surface area contributed by atoms with E-state index in [0.717, 1.165) is 5.56 Å². The molecule has 0 bridgehead atoms. The molecule has 0 saturated heterocycles. The third-order valence-electron chi connectivity index (χ3n) is 1.73. The number of carbonyl (C=O) groups excluding carboxylic acids is 1. The topological polar surface area (TPSA) is 35.5 Å². The summed E-state index contributed by atoms with van der Waals surface area (Å²) < 4.78 is 9.98. The van der Waals surface area contributed by atoms with Gasteiger partial charge in [0.15, 0.2) is 0 Å². The summed E-state index contributed by atoms with van der Waals surface area (Å²) in [6.45, 7) is 7.49. The first-order valence-corrected chi connectivity index (χ1v) is 4.74. The molecule has 0 atom stereocenters. The summed E-state index contributed by atoms with van der Waals surface area (Å²) in [6.07, 6.45) is 0. The van der Waals surface area contributed by atoms with Gasteiger partial charge in [-0.2, -0.15) is 0 Å². The van der Waals surface area contributed by atoms with Gasteiger partial charge in [-0.3, -0.25) is 0 Å². The highest BCUT2D eigenvalue weighted by atomic mass is 16.6. The Hall–Kier alpha value is -1.77. The molecule has 0 unspecified atom stereocenters. The summed E-state index contributed by atoms with van der Waals surface area (Å²) in [4.78, 5) is 11.2. The Bertz CT molecular complexity index is 369. The fourth-order valence-electron chi connectivity index (χ4n) is 1.07. The standard InChI is InChI=1S/C12H14O3/c1-4-14-12(13)10(3)15-11-7-5-6-9(2)8-11/h5-8H,3-4H2,1-2H3. The zero-order valence-electron chi connectivity index (χ0n) is 8.95. The molecule has 0 aliphatic rings. The minimum Gasteiger partial charge on any atom is -0.460 e. The number of hydrogen-bond acceptors (Lipinski definition) is 3. The van der Waals surface area contributed by atoms with Gasteiger partial charge in [0.2, 0.25) is 5.76 Å². The van der Waals surface area contributed by atoms with Crippen LogP contribution in [0.2, 0.25) is 0 Å². The molecule has 80 valence electrons. The van der Waals surface area contributed by atoms with Crippen molar-refractivity contribution >= 4 is 5.97 Å². The van der Waals surface area contributed by atoms with Crippen molar-refractivity contribution < 1.29 is 14.3 Å². The molecular weight excluding hydrogens is 192 g/mol. The molecular formula is C12H14O3. The van der Waals surface area contributed by atoms with Gasteiger partial charge in [0, 0.05) is 0 Å². The van der Waals surface area contributed by atoms with E-state index in [-0.39, 0.29) is 5.76 Å². The average Bonchev–Trinajstić information content (AvgIpc) is 2.18. The maximum absolute atomic E-state index is 11.2. The Balaban J connectivity index is 2.62. The number of esters is 1. The van der Waals surface area contributed by atoms with Gasteiger partial charge in [0.05, 0.1) is 6.61 Å². The summed E-state index contributed by atoms with van der Waals surface area (Å²) in [7, 11) is 0. The second-order valence-corrected chi connectivity index (χ2v) is 3.06. The molecule has 0 fully saturated rings. The summed E-state index contributed by atoms with van der Waals surface area (Å²) in [6, 6.07) is 7.38. The number of aryl methyl sites for hydroxylation is 1. The summed E-state index contributed by atoms with van der Waals surface area (Å²) in [5.74, 6) is 0.0644. The molecule has 0 saturated carbocycles. The number of benzene rings is 1. The van der Waals surface area contributed by atoms with E-state index in [1.54, 1.807) is 13.0 Å². The Labute approximate surface area is 89.3 Å². The molecule has 15 heavy (non-hydrogen) atoms. The van der Waals surface area contributed by atoms with Gasteiger partial charge in [0.1, 0.15) is 5.75 Å². The Morgan fingerprint density at radius 3 is 2.80 bits per heavy atom. The van der Waals surface area contributed by atoms with Crippen LogP contribution in [-0.2, 0) is 9.53 Å². The minimum absolute atomic E-state index is 0.00227. The van der Waals surface area contributed by atoms with E-state index in [2.05, 4.69) is 6.58 Å². The monoisotopic (exact) mass is 206 g/mol. The Morgan fingerprint density at radius 1 is 1.47 bits per heavy atom. The van der Waals surface area contributed by atoms with Gasteiger partial charge in [-0.05, 0) is 38.1 Å². The second-order valence-electron chi connectivity index (χ2n) is 3.06. The molecule has 0 spiro atoms. The van der Waals surface area contributed by atoms with Gasteiger partial charge < -0.3 is 9.47 Å². The van der Waals surface area contributed by atoms with Gasteiger partial charge in [-0.15, -0.1) is 0 Å². The fourth-order valence-corrected chi connectivity index (χ4v) is 1.07. The molecule has 0 aliphatic heterocycles. The lowest BCUT2D eigenvalue weighted by molar-refractivity contribution is -0.140. The van der Waals surface area contributed by atoms with Crippen molar-refractivity contribution in [3.8, 4) is 5.75 Å². The minimum atomic E-state index is -0.529. The van der Waals surface area contributed by atoms with Crippen LogP contribution in [0.1, 0.15) is 12.5 Å². The molecule has 0 heterocycles. The van der Waals surface area contributed by atoms with Crippen LogP contribution in [0.5, 0.6) is 5.75 Å². The van der Waals surface area contributed by atoms with E-state index < -0.39 is 5.97 Å². The number of rotatable bonds is 4. The van der Waals surface area contributed by atoms with Crippen molar-refractivity contribution in [2.45, 2.75) is 13.8 Å². The highest BCUT2D eigenvalue weighted by molar-refractivity contribution is 5.86. The largest absolute Gasteiger partial charge is 0.460 e. The third-order valence-corrected chi connectivity index (χ3v) is 1.73. The van der Waals surface area contributed by atoms with Crippen molar-refractivity contribution in [1.29, 1.82) is 0 Å². The van der Waals surface area contributed by atoms with E-state index in [4.69, 9.17) is 9.47 Å². The molecule has 0 aromatic heterocycles. The first kappa shape index (κ1) is 11.3. The molecule has 0 radical (unpaired) electrons. The zero-order chi connectivity index (χ0) is 11.3. The average molecular weight is 206 g/mol. The number of ether oxygens (including phenoxy) is 2. The van der Waals surface area contributed by atoms with Crippen LogP contribution in [-0.4, -0.2) is 12.6 Å². The van der Waals surface area contributed by atoms with Crippen molar-refractivity contribution in [2.75, 3.05) is 6.61 Å². The summed E-state index contributed by atoms with van der Waals surface area (Å²) in [5, 5.41) is 0. The van der Waals surface area contributed by atoms with Gasteiger partial charge in [-0.25, -0.2) is 4.79 Å². The molecule has 0 aliphatic carbocycles. The predicted octanol–water partition coefficient (Wildman–Crippen LogP) is 2.45. The van der Waals surface area contributed by atoms with Crippen LogP contribution in [0.25, 0.3) is 0 Å². The summed E-state index contributed by atoms with van der Waals surface area (Å²) >= 11 is 0. The van der Waals surface area contributed by atoms with Gasteiger partial charge in [0.25, 0.3) is 0 Å². The Morgan fingerprint density at radius 2 is 2.20 bits per heavy atom. The number of hydrogen-bond donors (Lipinski definition) is 0. The highest BCUT2D eigenvalue weighted by Crippen LogP contribution is 2.15. The zero-order valence-corrected chi connectivity index (χ0v) is 8.95. The molecule has 3 nitrogen and oxygen atoms in total. The first-order valence-electron chi connectivity index (χ1n) is 4.74. The van der Waals surface area contributed by atoms with Crippen LogP contribution in [0.3, 0.4) is 0 Å². The molecule has 1 aromatic carbocycles. The maximum atomic E-state index is 11.2. The van der Waals surface area contributed by atoms with Crippen LogP contribution < -0.4 is 4.74 Å². The maximum Gasteiger partial charge on any atom is 0.373 e. The smallest absolute Gasteiger partial charge is 0.373 e. The van der Waals surface area contributed by atoms with Crippen molar-refractivity contribution in [1.82, 2.24) is 0 Å². The van der Waals surface area contributed by atoms with E-state index in [9.17, 15) is 4.79 Å². The van der Waals surface area contributed by atoms with E-state index in [1.165, 1.54) is 0 Å². The molecule has 0 amide bonds. The van der Waals surface area contributed by atoms with Crippen molar-refractivity contribution in [3.05, 3.63) is 42.2 Å². The SMILES string of the molecule is C=C(Oc1cccc(C)c1)C(=O)OCC. The van der Waals surface area contributed by atoms with E-state index in [0.29, 0.717) is 12.4 Å². The quantitative estimate of drug-likeness (QED) is 0.431. The number of carbonyl (C=O) groups is 1. The fraction of sp³-hybridized carbons (Fsp3) is 0.250. The van der Waals surface area contributed by atoms with Crippen LogP contribution in [0, 0.1) is 6.92 Å². The summed E-state index contributed by atoms with van der Waals surface area (Å²) in [5.41, 5.74) is 1.06. The first-order chi connectivity index (χ1) is 7.13. The second kappa shape index (κ2) is 5.20. The van der Waals surface area contributed by atoms with Crippen LogP contribution in [0.4, 0.5) is 0 Å². The highest BCUT2D eigenvalue weighted by Gasteiger charge is 2.09. The van der Waals surface area contributed by atoms with Crippen molar-refractivity contribution in [2.24, 2.45) is 0 Å². The van der Waals surface area contributed by atoms with E-state index in [1.807, 2.05) is 25.1 Å². The normalized spacial score (nSPS) is 9.47. The molecule has 0 N–H and O–H groups in total. The Kier molecular flexibility index (Phi) is 3.92. The van der Waals surface area contributed by atoms with Crippen LogP contribution >= 0.6 is 0 Å². The molecule has 3 heteroatoms. The molecule has 1 aromatic rings. The molecule has 1 rings (SSSR count). The van der Waals surface area contributed by atoms with Gasteiger partial charge >= 0.3 is 5.97 Å². The van der Waals surface area contributed by atoms with Crippen molar-refractivity contribution in [3.63, 3.8) is 0 Å². The van der Waals surface area contributed by atoms with E-state index >= 15 is 0 Å². The lowest BCUT2D eigenvalue weighted by Crippen LogP contribution is -2.11. The third kappa shape index (κ3) is 3.46. The van der Waals surface area contributed by atoms with Gasteiger partial charge in [-0.1, -0.05) is 12.1 Å². The predicted molar refractivity (Wildman–Crippen MR) is 57.6 cm³/mol. The lowest BCUT2D eigenvalue weighted by atomic mass is 10.2.